The molecule has 1 rings (SSSR count). The summed E-state index contributed by atoms with van der Waals surface area (Å²) < 4.78 is 5.86. The highest BCUT2D eigenvalue weighted by atomic mass is 35.5. The van der Waals surface area contributed by atoms with Crippen LogP contribution < -0.4 is 10.5 Å². The van der Waals surface area contributed by atoms with E-state index in [2.05, 4.69) is 19.0 Å². The molecule has 1 aromatic rings. The number of benzene rings is 1. The summed E-state index contributed by atoms with van der Waals surface area (Å²) in [5.41, 5.74) is 7.35. The van der Waals surface area contributed by atoms with E-state index in [-0.39, 0.29) is 5.84 Å². The average molecular weight is 313 g/mol. The number of amidine groups is 1. The molecule has 0 atom stereocenters. The SMILES string of the molecule is Cc1cc(Cl)c(C(C)C)cc1OCCC(C)(C)C(N)=NO. The number of oxime groups is 1. The summed E-state index contributed by atoms with van der Waals surface area (Å²) >= 11 is 6.25. The van der Waals surface area contributed by atoms with Crippen molar-refractivity contribution in [2.45, 2.75) is 47.0 Å². The second-order valence-corrected chi connectivity index (χ2v) is 6.67. The second kappa shape index (κ2) is 7.03. The van der Waals surface area contributed by atoms with Crippen LogP contribution in [-0.2, 0) is 0 Å². The zero-order chi connectivity index (χ0) is 16.2. The lowest BCUT2D eigenvalue weighted by Crippen LogP contribution is -2.33. The van der Waals surface area contributed by atoms with Gasteiger partial charge in [0.2, 0.25) is 0 Å². The first-order chi connectivity index (χ1) is 9.69. The van der Waals surface area contributed by atoms with E-state index in [1.165, 1.54) is 0 Å². The summed E-state index contributed by atoms with van der Waals surface area (Å²) in [7, 11) is 0. The summed E-state index contributed by atoms with van der Waals surface area (Å²) in [5.74, 6) is 1.38. The number of rotatable bonds is 6. The fourth-order valence-corrected chi connectivity index (χ4v) is 2.38. The van der Waals surface area contributed by atoms with Gasteiger partial charge in [0.1, 0.15) is 11.6 Å². The molecule has 0 amide bonds. The minimum atomic E-state index is -0.407. The Kier molecular flexibility index (Phi) is 5.90. The van der Waals surface area contributed by atoms with Crippen molar-refractivity contribution in [2.24, 2.45) is 16.3 Å². The van der Waals surface area contributed by atoms with Gasteiger partial charge in [0.05, 0.1) is 6.61 Å². The molecule has 0 fully saturated rings. The minimum absolute atomic E-state index is 0.210. The fraction of sp³-hybridized carbons (Fsp3) is 0.562. The predicted molar refractivity (Wildman–Crippen MR) is 87.6 cm³/mol. The van der Waals surface area contributed by atoms with Gasteiger partial charge in [-0.25, -0.2) is 0 Å². The molecule has 118 valence electrons. The summed E-state index contributed by atoms with van der Waals surface area (Å²) in [4.78, 5) is 0. The van der Waals surface area contributed by atoms with Gasteiger partial charge in [-0.05, 0) is 42.5 Å². The minimum Gasteiger partial charge on any atom is -0.493 e. The molecule has 0 unspecified atom stereocenters. The lowest BCUT2D eigenvalue weighted by molar-refractivity contribution is 0.258. The molecule has 0 spiro atoms. The summed E-state index contributed by atoms with van der Waals surface area (Å²) in [5, 5.41) is 12.6. The second-order valence-electron chi connectivity index (χ2n) is 6.26. The highest BCUT2D eigenvalue weighted by molar-refractivity contribution is 6.31. The Morgan fingerprint density at radius 1 is 1.43 bits per heavy atom. The summed E-state index contributed by atoms with van der Waals surface area (Å²) in [6.07, 6.45) is 0.655. The number of hydrogen-bond acceptors (Lipinski definition) is 3. The van der Waals surface area contributed by atoms with Crippen LogP contribution in [-0.4, -0.2) is 17.6 Å². The van der Waals surface area contributed by atoms with Gasteiger partial charge in [-0.15, -0.1) is 0 Å². The fourth-order valence-electron chi connectivity index (χ4n) is 1.95. The smallest absolute Gasteiger partial charge is 0.144 e. The van der Waals surface area contributed by atoms with E-state index >= 15 is 0 Å². The van der Waals surface area contributed by atoms with Crippen molar-refractivity contribution < 1.29 is 9.94 Å². The summed E-state index contributed by atoms with van der Waals surface area (Å²) in [6, 6.07) is 3.93. The molecule has 0 heterocycles. The van der Waals surface area contributed by atoms with Crippen molar-refractivity contribution in [3.8, 4) is 5.75 Å². The lowest BCUT2D eigenvalue weighted by atomic mass is 9.88. The van der Waals surface area contributed by atoms with Gasteiger partial charge < -0.3 is 15.7 Å². The third-order valence-corrected chi connectivity index (χ3v) is 4.03. The molecular formula is C16H25ClN2O2. The van der Waals surface area contributed by atoms with Crippen LogP contribution >= 0.6 is 11.6 Å². The van der Waals surface area contributed by atoms with Crippen molar-refractivity contribution in [1.82, 2.24) is 0 Å². The Morgan fingerprint density at radius 3 is 2.57 bits per heavy atom. The first-order valence-corrected chi connectivity index (χ1v) is 7.47. The number of hydrogen-bond donors (Lipinski definition) is 2. The molecule has 0 aromatic heterocycles. The van der Waals surface area contributed by atoms with Gasteiger partial charge >= 0.3 is 0 Å². The number of halogens is 1. The predicted octanol–water partition coefficient (Wildman–Crippen LogP) is 4.31. The topological polar surface area (TPSA) is 67.8 Å². The molecule has 21 heavy (non-hydrogen) atoms. The summed E-state index contributed by atoms with van der Waals surface area (Å²) in [6.45, 7) is 10.5. The molecule has 0 saturated carbocycles. The average Bonchev–Trinajstić information content (AvgIpc) is 2.39. The maximum atomic E-state index is 8.77. The molecule has 0 aliphatic heterocycles. The van der Waals surface area contributed by atoms with Crippen molar-refractivity contribution in [3.63, 3.8) is 0 Å². The van der Waals surface area contributed by atoms with Crippen molar-refractivity contribution in [1.29, 1.82) is 0 Å². The third-order valence-electron chi connectivity index (χ3n) is 3.70. The monoisotopic (exact) mass is 312 g/mol. The Balaban J connectivity index is 2.79. The molecule has 3 N–H and O–H groups in total. The standard InChI is InChI=1S/C16H25ClN2O2/c1-10(2)12-9-14(11(3)8-13(12)17)21-7-6-16(4,5)15(18)19-20/h8-10,20H,6-7H2,1-5H3,(H2,18,19). The molecule has 0 radical (unpaired) electrons. The van der Waals surface area contributed by atoms with Crippen LogP contribution in [0.5, 0.6) is 5.75 Å². The van der Waals surface area contributed by atoms with Gasteiger partial charge in [-0.2, -0.15) is 0 Å². The Bertz CT molecular complexity index is 525. The highest BCUT2D eigenvalue weighted by Gasteiger charge is 2.23. The van der Waals surface area contributed by atoms with Gasteiger partial charge in [0.25, 0.3) is 0 Å². The van der Waals surface area contributed by atoms with E-state index in [0.29, 0.717) is 18.9 Å². The largest absolute Gasteiger partial charge is 0.493 e. The van der Waals surface area contributed by atoms with Crippen LogP contribution in [0.1, 0.15) is 51.2 Å². The van der Waals surface area contributed by atoms with Crippen molar-refractivity contribution in [2.75, 3.05) is 6.61 Å². The zero-order valence-corrected chi connectivity index (χ0v) is 14.2. The van der Waals surface area contributed by atoms with E-state index in [9.17, 15) is 0 Å². The normalized spacial score (nSPS) is 12.8. The first kappa shape index (κ1) is 17.6. The molecule has 0 saturated heterocycles. The van der Waals surface area contributed by atoms with Crippen LogP contribution in [0.3, 0.4) is 0 Å². The van der Waals surface area contributed by atoms with E-state index in [1.807, 2.05) is 32.9 Å². The van der Waals surface area contributed by atoms with Crippen LogP contribution in [0.15, 0.2) is 17.3 Å². The first-order valence-electron chi connectivity index (χ1n) is 7.10. The zero-order valence-electron chi connectivity index (χ0n) is 13.4. The molecule has 4 nitrogen and oxygen atoms in total. The van der Waals surface area contributed by atoms with E-state index in [0.717, 1.165) is 21.9 Å². The van der Waals surface area contributed by atoms with E-state index in [4.69, 9.17) is 27.3 Å². The van der Waals surface area contributed by atoms with Gasteiger partial charge in [-0.3, -0.25) is 0 Å². The Hall–Kier alpha value is -1.42. The molecular weight excluding hydrogens is 288 g/mol. The number of nitrogens with zero attached hydrogens (tertiary/aromatic N) is 1. The molecule has 0 aliphatic rings. The quantitative estimate of drug-likeness (QED) is 0.356. The Labute approximate surface area is 131 Å². The lowest BCUT2D eigenvalue weighted by Gasteiger charge is -2.23. The van der Waals surface area contributed by atoms with Gasteiger partial charge in [-0.1, -0.05) is 44.5 Å². The maximum absolute atomic E-state index is 8.77. The Morgan fingerprint density at radius 2 is 2.05 bits per heavy atom. The van der Waals surface area contributed by atoms with Gasteiger partial charge in [0.15, 0.2) is 0 Å². The highest BCUT2D eigenvalue weighted by Crippen LogP contribution is 2.32. The van der Waals surface area contributed by atoms with E-state index in [1.54, 1.807) is 0 Å². The number of ether oxygens (including phenoxy) is 1. The van der Waals surface area contributed by atoms with Crippen LogP contribution in [0, 0.1) is 12.3 Å². The molecule has 0 bridgehead atoms. The van der Waals surface area contributed by atoms with Crippen LogP contribution in [0.4, 0.5) is 0 Å². The molecule has 0 aliphatic carbocycles. The van der Waals surface area contributed by atoms with Crippen molar-refractivity contribution in [3.05, 3.63) is 28.3 Å². The van der Waals surface area contributed by atoms with Gasteiger partial charge in [0, 0.05) is 10.4 Å². The van der Waals surface area contributed by atoms with Crippen LogP contribution in [0.25, 0.3) is 0 Å². The number of aryl methyl sites for hydroxylation is 1. The molecule has 5 heteroatoms. The number of nitrogens with two attached hydrogens (primary N) is 1. The maximum Gasteiger partial charge on any atom is 0.144 e. The third kappa shape index (κ3) is 4.53. The van der Waals surface area contributed by atoms with E-state index < -0.39 is 5.41 Å². The molecule has 1 aromatic carbocycles. The van der Waals surface area contributed by atoms with Crippen LogP contribution in [0.2, 0.25) is 5.02 Å². The van der Waals surface area contributed by atoms with Crippen molar-refractivity contribution >= 4 is 17.4 Å².